The third-order valence-corrected chi connectivity index (χ3v) is 5.36. The van der Waals surface area contributed by atoms with Crippen molar-refractivity contribution >= 4 is 5.91 Å². The molecule has 4 heteroatoms. The van der Waals surface area contributed by atoms with Crippen molar-refractivity contribution in [3.63, 3.8) is 0 Å². The Hall–Kier alpha value is -2.20. The molecule has 0 aliphatic carbocycles. The highest BCUT2D eigenvalue weighted by Gasteiger charge is 2.28. The maximum atomic E-state index is 13.7. The third kappa shape index (κ3) is 4.50. The maximum absolute atomic E-state index is 13.7. The van der Waals surface area contributed by atoms with Crippen LogP contribution in [0.4, 0.5) is 4.39 Å². The number of amides is 1. The number of carbonyl (C=O) groups is 1. The molecular weight excluding hydrogens is 329 g/mol. The van der Waals surface area contributed by atoms with Gasteiger partial charge in [-0.25, -0.2) is 4.39 Å². The highest BCUT2D eigenvalue weighted by Crippen LogP contribution is 2.25. The lowest BCUT2D eigenvalue weighted by molar-refractivity contribution is 0.0436. The number of likely N-dealkylation sites (tertiary alicyclic amines) is 1. The standard InChI is InChI=1S/C22H26FNO2/c1-16-7-9-19(15-20(16)23)22(26)24-13-11-18(12-14-24)21(25)10-8-17-5-3-2-4-6-17/h2-7,9,15,18,21,25H,8,10-14H2,1H3/t21-/m0/s1. The molecule has 1 amide bonds. The second kappa shape index (κ2) is 8.45. The average Bonchev–Trinajstić information content (AvgIpc) is 2.68. The van der Waals surface area contributed by atoms with E-state index in [-0.39, 0.29) is 23.7 Å². The molecule has 0 unspecified atom stereocenters. The number of aliphatic hydroxyl groups excluding tert-OH is 1. The molecule has 1 saturated heterocycles. The zero-order valence-electron chi connectivity index (χ0n) is 15.2. The van der Waals surface area contributed by atoms with Crippen molar-refractivity contribution in [3.05, 3.63) is 71.0 Å². The molecule has 3 nitrogen and oxygen atoms in total. The number of piperidine rings is 1. The minimum Gasteiger partial charge on any atom is -0.393 e. The molecule has 1 atom stereocenters. The van der Waals surface area contributed by atoms with Crippen LogP contribution < -0.4 is 0 Å². The fourth-order valence-electron chi connectivity index (χ4n) is 3.59. The molecule has 3 rings (SSSR count). The van der Waals surface area contributed by atoms with Gasteiger partial charge in [0.2, 0.25) is 0 Å². The first-order chi connectivity index (χ1) is 12.5. The van der Waals surface area contributed by atoms with Crippen LogP contribution in [-0.4, -0.2) is 35.1 Å². The Kier molecular flexibility index (Phi) is 6.04. The molecule has 1 aliphatic heterocycles. The molecule has 0 bridgehead atoms. The molecular formula is C22H26FNO2. The maximum Gasteiger partial charge on any atom is 0.253 e. The molecule has 1 fully saturated rings. The lowest BCUT2D eigenvalue weighted by Crippen LogP contribution is -2.41. The smallest absolute Gasteiger partial charge is 0.253 e. The van der Waals surface area contributed by atoms with Crippen molar-refractivity contribution in [2.45, 2.75) is 38.7 Å². The fraction of sp³-hybridized carbons (Fsp3) is 0.409. The largest absolute Gasteiger partial charge is 0.393 e. The molecule has 138 valence electrons. The third-order valence-electron chi connectivity index (χ3n) is 5.36. The van der Waals surface area contributed by atoms with Gasteiger partial charge in [0.25, 0.3) is 5.91 Å². The molecule has 0 aromatic heterocycles. The van der Waals surface area contributed by atoms with Gasteiger partial charge >= 0.3 is 0 Å². The van der Waals surface area contributed by atoms with E-state index in [1.807, 2.05) is 18.2 Å². The minimum absolute atomic E-state index is 0.124. The van der Waals surface area contributed by atoms with Crippen molar-refractivity contribution in [1.29, 1.82) is 0 Å². The second-order valence-electron chi connectivity index (χ2n) is 7.19. The molecule has 1 heterocycles. The van der Waals surface area contributed by atoms with Crippen LogP contribution in [0.25, 0.3) is 0 Å². The van der Waals surface area contributed by atoms with Gasteiger partial charge in [0.05, 0.1) is 6.10 Å². The highest BCUT2D eigenvalue weighted by atomic mass is 19.1. The molecule has 0 saturated carbocycles. The molecule has 26 heavy (non-hydrogen) atoms. The number of aryl methyl sites for hydroxylation is 2. The first-order valence-corrected chi connectivity index (χ1v) is 9.32. The summed E-state index contributed by atoms with van der Waals surface area (Å²) in [5.74, 6) is -0.249. The van der Waals surface area contributed by atoms with Gasteiger partial charge in [-0.1, -0.05) is 36.4 Å². The van der Waals surface area contributed by atoms with E-state index in [1.54, 1.807) is 24.0 Å². The molecule has 2 aromatic rings. The first kappa shape index (κ1) is 18.6. The number of carbonyl (C=O) groups excluding carboxylic acids is 1. The Morgan fingerprint density at radius 2 is 1.88 bits per heavy atom. The van der Waals surface area contributed by atoms with E-state index < -0.39 is 0 Å². The molecule has 2 aromatic carbocycles. The van der Waals surface area contributed by atoms with E-state index in [9.17, 15) is 14.3 Å². The van der Waals surface area contributed by atoms with Crippen molar-refractivity contribution in [3.8, 4) is 0 Å². The van der Waals surface area contributed by atoms with Crippen LogP contribution in [-0.2, 0) is 6.42 Å². The van der Waals surface area contributed by atoms with Gasteiger partial charge in [-0.05, 0) is 61.8 Å². The van der Waals surface area contributed by atoms with Crippen LogP contribution in [0, 0.1) is 18.7 Å². The van der Waals surface area contributed by atoms with Crippen molar-refractivity contribution in [2.24, 2.45) is 5.92 Å². The number of hydrogen-bond donors (Lipinski definition) is 1. The second-order valence-corrected chi connectivity index (χ2v) is 7.19. The summed E-state index contributed by atoms with van der Waals surface area (Å²) in [5.41, 5.74) is 2.18. The summed E-state index contributed by atoms with van der Waals surface area (Å²) in [6.45, 7) is 2.91. The highest BCUT2D eigenvalue weighted by molar-refractivity contribution is 5.94. The fourth-order valence-corrected chi connectivity index (χ4v) is 3.59. The molecule has 0 radical (unpaired) electrons. The number of nitrogens with zero attached hydrogens (tertiary/aromatic N) is 1. The van der Waals surface area contributed by atoms with Gasteiger partial charge in [0.15, 0.2) is 0 Å². The summed E-state index contributed by atoms with van der Waals surface area (Å²) < 4.78 is 13.7. The normalized spacial score (nSPS) is 16.5. The number of aliphatic hydroxyl groups is 1. The van der Waals surface area contributed by atoms with Crippen molar-refractivity contribution in [2.75, 3.05) is 13.1 Å². The Morgan fingerprint density at radius 3 is 2.54 bits per heavy atom. The van der Waals surface area contributed by atoms with Gasteiger partial charge in [-0.15, -0.1) is 0 Å². The monoisotopic (exact) mass is 355 g/mol. The van der Waals surface area contributed by atoms with Crippen molar-refractivity contribution < 1.29 is 14.3 Å². The number of hydrogen-bond acceptors (Lipinski definition) is 2. The summed E-state index contributed by atoms with van der Waals surface area (Å²) >= 11 is 0. The van der Waals surface area contributed by atoms with Gasteiger partial charge in [-0.3, -0.25) is 4.79 Å². The van der Waals surface area contributed by atoms with Crippen LogP contribution in [0.3, 0.4) is 0 Å². The Balaban J connectivity index is 1.50. The predicted octanol–water partition coefficient (Wildman–Crippen LogP) is 3.98. The van der Waals surface area contributed by atoms with E-state index in [0.717, 1.165) is 25.7 Å². The van der Waals surface area contributed by atoms with Crippen LogP contribution in [0.1, 0.15) is 40.7 Å². The summed E-state index contributed by atoms with van der Waals surface area (Å²) in [4.78, 5) is 14.3. The van der Waals surface area contributed by atoms with E-state index in [0.29, 0.717) is 24.2 Å². The quantitative estimate of drug-likeness (QED) is 0.881. The zero-order chi connectivity index (χ0) is 18.5. The predicted molar refractivity (Wildman–Crippen MR) is 101 cm³/mol. The van der Waals surface area contributed by atoms with Gasteiger partial charge in [0, 0.05) is 18.7 Å². The zero-order valence-corrected chi connectivity index (χ0v) is 15.2. The summed E-state index contributed by atoms with van der Waals surface area (Å²) in [6, 6.07) is 14.8. The topological polar surface area (TPSA) is 40.5 Å². The number of halogens is 1. The van der Waals surface area contributed by atoms with Gasteiger partial charge < -0.3 is 10.0 Å². The van der Waals surface area contributed by atoms with Crippen LogP contribution >= 0.6 is 0 Å². The summed E-state index contributed by atoms with van der Waals surface area (Å²) in [7, 11) is 0. The van der Waals surface area contributed by atoms with Crippen LogP contribution in [0.5, 0.6) is 0 Å². The van der Waals surface area contributed by atoms with Crippen LogP contribution in [0.2, 0.25) is 0 Å². The molecule has 1 aliphatic rings. The Morgan fingerprint density at radius 1 is 1.19 bits per heavy atom. The average molecular weight is 355 g/mol. The van der Waals surface area contributed by atoms with E-state index >= 15 is 0 Å². The Bertz CT molecular complexity index is 739. The van der Waals surface area contributed by atoms with E-state index in [2.05, 4.69) is 12.1 Å². The lowest BCUT2D eigenvalue weighted by atomic mass is 9.88. The summed E-state index contributed by atoms with van der Waals surface area (Å²) in [6.07, 6.45) is 2.84. The Labute approximate surface area is 154 Å². The molecule has 0 spiro atoms. The lowest BCUT2D eigenvalue weighted by Gasteiger charge is -2.34. The van der Waals surface area contributed by atoms with Crippen molar-refractivity contribution in [1.82, 2.24) is 4.90 Å². The van der Waals surface area contributed by atoms with E-state index in [4.69, 9.17) is 0 Å². The van der Waals surface area contributed by atoms with Gasteiger partial charge in [-0.2, -0.15) is 0 Å². The summed E-state index contributed by atoms with van der Waals surface area (Å²) in [5, 5.41) is 10.5. The van der Waals surface area contributed by atoms with E-state index in [1.165, 1.54) is 11.6 Å². The number of benzene rings is 2. The minimum atomic E-state index is -0.345. The van der Waals surface area contributed by atoms with Crippen LogP contribution in [0.15, 0.2) is 48.5 Å². The molecule has 1 N–H and O–H groups in total. The number of rotatable bonds is 5. The SMILES string of the molecule is Cc1ccc(C(=O)N2CCC([C@@H](O)CCc3ccccc3)CC2)cc1F. The first-order valence-electron chi connectivity index (χ1n) is 9.32. The van der Waals surface area contributed by atoms with Gasteiger partial charge in [0.1, 0.15) is 5.82 Å².